The molecule has 0 aliphatic rings. The van der Waals surface area contributed by atoms with E-state index in [0.29, 0.717) is 28.1 Å². The molecule has 1 heterocycles. The van der Waals surface area contributed by atoms with E-state index in [1.807, 2.05) is 30.3 Å². The Hall–Kier alpha value is -2.59. The number of carbonyl (C=O) groups excluding carboxylic acids is 1. The number of halogens is 1. The molecule has 1 aromatic heterocycles. The maximum absolute atomic E-state index is 12.0. The third-order valence-corrected chi connectivity index (χ3v) is 4.79. The van der Waals surface area contributed by atoms with Crippen molar-refractivity contribution in [1.29, 1.82) is 0 Å². The minimum atomic E-state index is 0.421. The second-order valence-electron chi connectivity index (χ2n) is 6.59. The maximum atomic E-state index is 12.0. The first-order valence-electron chi connectivity index (χ1n) is 8.50. The van der Waals surface area contributed by atoms with Gasteiger partial charge in [-0.1, -0.05) is 54.9 Å². The second kappa shape index (κ2) is 7.34. The van der Waals surface area contributed by atoms with E-state index in [4.69, 9.17) is 16.1 Å². The number of benzene rings is 2. The fraction of sp³-hybridized carbons (Fsp3) is 0.238. The fourth-order valence-corrected chi connectivity index (χ4v) is 3.41. The van der Waals surface area contributed by atoms with E-state index in [9.17, 15) is 4.79 Å². The largest absolute Gasteiger partial charge is 0.359 e. The van der Waals surface area contributed by atoms with Gasteiger partial charge in [0.25, 0.3) is 0 Å². The summed E-state index contributed by atoms with van der Waals surface area (Å²) in [5.41, 5.74) is 5.03. The van der Waals surface area contributed by atoms with Crippen molar-refractivity contribution in [1.82, 2.24) is 5.16 Å². The van der Waals surface area contributed by atoms with Gasteiger partial charge in [-0.25, -0.2) is 0 Å². The molecule has 0 radical (unpaired) electrons. The minimum absolute atomic E-state index is 0.421. The second-order valence-corrected chi connectivity index (χ2v) is 6.99. The van der Waals surface area contributed by atoms with Crippen molar-refractivity contribution >= 4 is 29.4 Å². The number of rotatable bonds is 5. The van der Waals surface area contributed by atoms with Gasteiger partial charge in [-0.3, -0.25) is 9.69 Å². The van der Waals surface area contributed by atoms with Crippen molar-refractivity contribution in [3.05, 3.63) is 64.4 Å². The zero-order valence-corrected chi connectivity index (χ0v) is 16.0. The predicted molar refractivity (Wildman–Crippen MR) is 105 cm³/mol. The van der Waals surface area contributed by atoms with Gasteiger partial charge >= 0.3 is 0 Å². The first-order valence-corrected chi connectivity index (χ1v) is 8.88. The van der Waals surface area contributed by atoms with Crippen LogP contribution in [0, 0.1) is 13.8 Å². The molecule has 0 bridgehead atoms. The number of aromatic nitrogens is 1. The Bertz CT molecular complexity index is 947. The molecular formula is C21H21ClN2O2. The molecule has 0 N–H and O–H groups in total. The molecule has 0 aliphatic carbocycles. The third-order valence-electron chi connectivity index (χ3n) is 4.46. The van der Waals surface area contributed by atoms with Crippen LogP contribution in [0.2, 0.25) is 5.02 Å². The van der Waals surface area contributed by atoms with Crippen LogP contribution >= 0.6 is 11.6 Å². The molecule has 0 spiro atoms. The first-order chi connectivity index (χ1) is 12.4. The Morgan fingerprint density at radius 1 is 1.15 bits per heavy atom. The molecule has 0 fully saturated rings. The summed E-state index contributed by atoms with van der Waals surface area (Å²) in [5, 5.41) is 4.70. The zero-order valence-electron chi connectivity index (χ0n) is 15.3. The topological polar surface area (TPSA) is 46.3 Å². The summed E-state index contributed by atoms with van der Waals surface area (Å²) in [7, 11) is 0. The molecule has 3 rings (SSSR count). The first kappa shape index (κ1) is 18.2. The Labute approximate surface area is 158 Å². The van der Waals surface area contributed by atoms with Gasteiger partial charge in [0.1, 0.15) is 11.4 Å². The lowest BCUT2D eigenvalue weighted by molar-refractivity contribution is -0.106. The molecule has 0 saturated heterocycles. The average molecular weight is 369 g/mol. The highest BCUT2D eigenvalue weighted by Crippen LogP contribution is 2.39. The molecule has 0 atom stereocenters. The van der Waals surface area contributed by atoms with Crippen molar-refractivity contribution in [2.24, 2.45) is 0 Å². The SMILES string of the molecule is Cc1cc(N(C=O)c2c(-c3ccccc3Cl)noc2C)ccc1C(C)C. The summed E-state index contributed by atoms with van der Waals surface area (Å²) < 4.78 is 5.39. The Balaban J connectivity index is 2.13. The van der Waals surface area contributed by atoms with E-state index in [2.05, 4.69) is 32.0 Å². The van der Waals surface area contributed by atoms with Crippen LogP contribution in [0.1, 0.15) is 36.7 Å². The van der Waals surface area contributed by atoms with Crippen LogP contribution in [-0.4, -0.2) is 11.6 Å². The molecule has 0 aliphatic heterocycles. The van der Waals surface area contributed by atoms with Crippen LogP contribution in [0.25, 0.3) is 11.3 Å². The van der Waals surface area contributed by atoms with Crippen LogP contribution < -0.4 is 4.90 Å². The molecule has 26 heavy (non-hydrogen) atoms. The lowest BCUT2D eigenvalue weighted by Gasteiger charge is -2.20. The Morgan fingerprint density at radius 3 is 2.50 bits per heavy atom. The Kier molecular flexibility index (Phi) is 5.14. The van der Waals surface area contributed by atoms with Crippen molar-refractivity contribution < 1.29 is 9.32 Å². The van der Waals surface area contributed by atoms with Crippen molar-refractivity contribution in [3.8, 4) is 11.3 Å². The maximum Gasteiger partial charge on any atom is 0.218 e. The summed E-state index contributed by atoms with van der Waals surface area (Å²) in [6.07, 6.45) is 0.781. The number of nitrogens with zero attached hydrogens (tertiary/aromatic N) is 2. The van der Waals surface area contributed by atoms with Crippen LogP contribution in [0.5, 0.6) is 0 Å². The molecule has 5 heteroatoms. The van der Waals surface area contributed by atoms with Crippen LogP contribution in [0.3, 0.4) is 0 Å². The van der Waals surface area contributed by atoms with E-state index >= 15 is 0 Å². The van der Waals surface area contributed by atoms with Crippen LogP contribution in [-0.2, 0) is 4.79 Å². The number of amides is 1. The summed E-state index contributed by atoms with van der Waals surface area (Å²) in [6, 6.07) is 13.4. The van der Waals surface area contributed by atoms with Crippen molar-refractivity contribution in [2.75, 3.05) is 4.90 Å². The number of hydrogen-bond acceptors (Lipinski definition) is 3. The zero-order chi connectivity index (χ0) is 18.8. The number of carbonyl (C=O) groups is 1. The van der Waals surface area contributed by atoms with Gasteiger partial charge in [0.2, 0.25) is 6.41 Å². The third kappa shape index (κ3) is 3.25. The summed E-state index contributed by atoms with van der Waals surface area (Å²) >= 11 is 6.33. The smallest absolute Gasteiger partial charge is 0.218 e. The highest BCUT2D eigenvalue weighted by molar-refractivity contribution is 6.33. The number of aryl methyl sites for hydroxylation is 2. The van der Waals surface area contributed by atoms with Gasteiger partial charge in [0.05, 0.1) is 5.02 Å². The lowest BCUT2D eigenvalue weighted by atomic mass is 9.97. The van der Waals surface area contributed by atoms with E-state index in [-0.39, 0.29) is 0 Å². The van der Waals surface area contributed by atoms with E-state index in [1.165, 1.54) is 5.56 Å². The standard InChI is InChI=1S/C21H21ClN2O2/c1-13(2)17-10-9-16(11-14(17)3)24(12-25)21-15(4)26-23-20(21)18-7-5-6-8-19(18)22/h5-13H,1-4H3. The monoisotopic (exact) mass is 368 g/mol. The molecule has 4 nitrogen and oxygen atoms in total. The molecule has 1 amide bonds. The predicted octanol–water partition coefficient (Wildman–Crippen LogP) is 6.03. The van der Waals surface area contributed by atoms with Crippen molar-refractivity contribution in [3.63, 3.8) is 0 Å². The van der Waals surface area contributed by atoms with Crippen LogP contribution in [0.15, 0.2) is 47.0 Å². The number of anilines is 2. The van der Waals surface area contributed by atoms with Gasteiger partial charge in [0, 0.05) is 11.3 Å². The fourth-order valence-electron chi connectivity index (χ4n) is 3.18. The summed E-state index contributed by atoms with van der Waals surface area (Å²) in [4.78, 5) is 13.5. The molecule has 2 aromatic carbocycles. The van der Waals surface area contributed by atoms with Crippen LogP contribution in [0.4, 0.5) is 11.4 Å². The van der Waals surface area contributed by atoms with E-state index < -0.39 is 0 Å². The molecule has 0 saturated carbocycles. The lowest BCUT2D eigenvalue weighted by Crippen LogP contribution is -2.16. The molecular weight excluding hydrogens is 348 g/mol. The van der Waals surface area contributed by atoms with Gasteiger partial charge in [0.15, 0.2) is 5.76 Å². The molecule has 0 unspecified atom stereocenters. The van der Waals surface area contributed by atoms with Gasteiger partial charge in [-0.05, 0) is 49.1 Å². The molecule has 3 aromatic rings. The van der Waals surface area contributed by atoms with Gasteiger partial charge in [-0.2, -0.15) is 0 Å². The quantitative estimate of drug-likeness (QED) is 0.516. The highest BCUT2D eigenvalue weighted by atomic mass is 35.5. The molecule has 134 valence electrons. The van der Waals surface area contributed by atoms with Crippen molar-refractivity contribution in [2.45, 2.75) is 33.6 Å². The van der Waals surface area contributed by atoms with E-state index in [0.717, 1.165) is 23.2 Å². The summed E-state index contributed by atoms with van der Waals surface area (Å²) in [6.45, 7) is 8.14. The van der Waals surface area contributed by atoms with Gasteiger partial charge in [-0.15, -0.1) is 0 Å². The average Bonchev–Trinajstić information content (AvgIpc) is 2.97. The Morgan fingerprint density at radius 2 is 1.88 bits per heavy atom. The highest BCUT2D eigenvalue weighted by Gasteiger charge is 2.23. The van der Waals surface area contributed by atoms with Gasteiger partial charge < -0.3 is 4.52 Å². The minimum Gasteiger partial charge on any atom is -0.359 e. The number of hydrogen-bond donors (Lipinski definition) is 0. The van der Waals surface area contributed by atoms with E-state index in [1.54, 1.807) is 17.9 Å². The normalized spacial score (nSPS) is 11.0. The summed E-state index contributed by atoms with van der Waals surface area (Å²) in [5.74, 6) is 0.974.